The van der Waals surface area contributed by atoms with Crippen LogP contribution in [0.15, 0.2) is 42.5 Å². The molecular weight excluding hydrogens is 272 g/mol. The average Bonchev–Trinajstić information content (AvgIpc) is 2.91. The lowest BCUT2D eigenvalue weighted by atomic mass is 10.1. The Morgan fingerprint density at radius 2 is 2.00 bits per heavy atom. The van der Waals surface area contributed by atoms with Gasteiger partial charge < -0.3 is 18.9 Å². The molecule has 1 aromatic carbocycles. The number of carbonyl (C=O) groups excluding carboxylic acids is 1. The fourth-order valence-corrected chi connectivity index (χ4v) is 2.47. The molecule has 5 heteroatoms. The maximum Gasteiger partial charge on any atom is 0.338 e. The summed E-state index contributed by atoms with van der Waals surface area (Å²) < 4.78 is 22.3. The zero-order valence-corrected chi connectivity index (χ0v) is 12.1. The summed E-state index contributed by atoms with van der Waals surface area (Å²) in [5.74, 6) is -1.06. The Bertz CT molecular complexity index is 551. The second-order valence-corrected chi connectivity index (χ2v) is 5.59. The summed E-state index contributed by atoms with van der Waals surface area (Å²) in [5, 5.41) is 0. The van der Waals surface area contributed by atoms with Crippen molar-refractivity contribution < 1.29 is 23.7 Å². The van der Waals surface area contributed by atoms with Gasteiger partial charge in [-0.3, -0.25) is 0 Å². The van der Waals surface area contributed by atoms with E-state index in [0.29, 0.717) is 5.56 Å². The molecule has 2 aliphatic heterocycles. The Kier molecular flexibility index (Phi) is 3.57. The zero-order chi connectivity index (χ0) is 15.0. The summed E-state index contributed by atoms with van der Waals surface area (Å²) in [4.78, 5) is 11.9. The van der Waals surface area contributed by atoms with Crippen LogP contribution in [0.1, 0.15) is 24.2 Å². The van der Waals surface area contributed by atoms with Crippen LogP contribution in [0, 0.1) is 0 Å². The highest BCUT2D eigenvalue weighted by Gasteiger charge is 2.51. The van der Waals surface area contributed by atoms with E-state index in [1.54, 1.807) is 24.3 Å². The minimum atomic E-state index is -0.677. The van der Waals surface area contributed by atoms with Crippen molar-refractivity contribution in [3.8, 4) is 0 Å². The molecule has 0 amide bonds. The van der Waals surface area contributed by atoms with Crippen LogP contribution in [-0.4, -0.2) is 36.9 Å². The molecule has 0 bridgehead atoms. The van der Waals surface area contributed by atoms with E-state index in [0.717, 1.165) is 5.57 Å². The topological polar surface area (TPSA) is 54.0 Å². The SMILES string of the molecule is C=C1C(COC(=O)c2ccccc2)OC2OC(C)(C)OC12. The van der Waals surface area contributed by atoms with Gasteiger partial charge in [-0.1, -0.05) is 24.8 Å². The lowest BCUT2D eigenvalue weighted by molar-refractivity contribution is -0.202. The van der Waals surface area contributed by atoms with E-state index >= 15 is 0 Å². The quantitative estimate of drug-likeness (QED) is 0.631. The summed E-state index contributed by atoms with van der Waals surface area (Å²) in [6.45, 7) is 7.73. The van der Waals surface area contributed by atoms with Gasteiger partial charge in [0, 0.05) is 0 Å². The van der Waals surface area contributed by atoms with Crippen molar-refractivity contribution in [2.45, 2.75) is 38.1 Å². The van der Waals surface area contributed by atoms with Crippen LogP contribution < -0.4 is 0 Å². The van der Waals surface area contributed by atoms with Crippen LogP contribution in [0.5, 0.6) is 0 Å². The largest absolute Gasteiger partial charge is 0.459 e. The van der Waals surface area contributed by atoms with Crippen molar-refractivity contribution in [2.24, 2.45) is 0 Å². The first-order valence-electron chi connectivity index (χ1n) is 6.88. The van der Waals surface area contributed by atoms with Crippen LogP contribution in [0.2, 0.25) is 0 Å². The molecule has 2 fully saturated rings. The van der Waals surface area contributed by atoms with E-state index in [-0.39, 0.29) is 18.7 Å². The molecule has 2 heterocycles. The van der Waals surface area contributed by atoms with E-state index in [1.165, 1.54) is 0 Å². The first kappa shape index (κ1) is 14.3. The summed E-state index contributed by atoms with van der Waals surface area (Å²) in [6.07, 6.45) is -1.18. The van der Waals surface area contributed by atoms with Crippen molar-refractivity contribution >= 4 is 5.97 Å². The van der Waals surface area contributed by atoms with Gasteiger partial charge >= 0.3 is 5.97 Å². The van der Waals surface area contributed by atoms with Crippen molar-refractivity contribution in [1.82, 2.24) is 0 Å². The Hall–Kier alpha value is -1.69. The van der Waals surface area contributed by atoms with E-state index < -0.39 is 18.2 Å². The molecule has 3 rings (SSSR count). The third-order valence-electron chi connectivity index (χ3n) is 3.51. The highest BCUT2D eigenvalue weighted by molar-refractivity contribution is 5.89. The summed E-state index contributed by atoms with van der Waals surface area (Å²) in [7, 11) is 0. The average molecular weight is 290 g/mol. The highest BCUT2D eigenvalue weighted by Crippen LogP contribution is 2.39. The number of hydrogen-bond donors (Lipinski definition) is 0. The molecule has 1 aromatic rings. The van der Waals surface area contributed by atoms with Crippen molar-refractivity contribution in [3.05, 3.63) is 48.0 Å². The fraction of sp³-hybridized carbons (Fsp3) is 0.438. The molecule has 112 valence electrons. The van der Waals surface area contributed by atoms with Crippen LogP contribution in [0.25, 0.3) is 0 Å². The molecule has 0 aliphatic carbocycles. The normalized spacial score (nSPS) is 30.2. The van der Waals surface area contributed by atoms with Crippen LogP contribution in [-0.2, 0) is 18.9 Å². The molecule has 5 nitrogen and oxygen atoms in total. The predicted octanol–water partition coefficient (Wildman–Crippen LogP) is 2.28. The first-order chi connectivity index (χ1) is 9.96. The lowest BCUT2D eigenvalue weighted by Gasteiger charge is -2.21. The monoisotopic (exact) mass is 290 g/mol. The third-order valence-corrected chi connectivity index (χ3v) is 3.51. The molecule has 0 spiro atoms. The molecule has 0 aromatic heterocycles. The Morgan fingerprint density at radius 3 is 2.67 bits per heavy atom. The summed E-state index contributed by atoms with van der Waals surface area (Å²) in [6, 6.07) is 8.83. The van der Waals surface area contributed by atoms with Crippen LogP contribution in [0.4, 0.5) is 0 Å². The van der Waals surface area contributed by atoms with E-state index in [4.69, 9.17) is 18.9 Å². The van der Waals surface area contributed by atoms with Crippen molar-refractivity contribution in [3.63, 3.8) is 0 Å². The Morgan fingerprint density at radius 1 is 1.29 bits per heavy atom. The van der Waals surface area contributed by atoms with Gasteiger partial charge in [-0.2, -0.15) is 0 Å². The van der Waals surface area contributed by atoms with Gasteiger partial charge in [0.2, 0.25) is 0 Å². The number of carbonyl (C=O) groups is 1. The third kappa shape index (κ3) is 2.85. The smallest absolute Gasteiger partial charge is 0.338 e. The molecular formula is C16H18O5. The molecule has 0 radical (unpaired) electrons. The van der Waals surface area contributed by atoms with Crippen molar-refractivity contribution in [1.29, 1.82) is 0 Å². The van der Waals surface area contributed by atoms with Gasteiger partial charge in [0.15, 0.2) is 12.1 Å². The Labute approximate surface area is 123 Å². The maximum atomic E-state index is 11.9. The van der Waals surface area contributed by atoms with Gasteiger partial charge in [0.25, 0.3) is 0 Å². The number of rotatable bonds is 3. The highest BCUT2D eigenvalue weighted by atomic mass is 16.8. The summed E-state index contributed by atoms with van der Waals surface area (Å²) >= 11 is 0. The molecule has 2 saturated heterocycles. The van der Waals surface area contributed by atoms with E-state index in [2.05, 4.69) is 6.58 Å². The number of fused-ring (bicyclic) bond motifs is 1. The standard InChI is InChI=1S/C16H18O5/c1-10-12(19-15-13(10)20-16(2,3)21-15)9-18-14(17)11-7-5-4-6-8-11/h4-8,12-13,15H,1,9H2,2-3H3. The lowest BCUT2D eigenvalue weighted by Crippen LogP contribution is -2.27. The molecule has 3 atom stereocenters. The molecule has 0 saturated carbocycles. The van der Waals surface area contributed by atoms with Gasteiger partial charge in [-0.15, -0.1) is 0 Å². The minimum Gasteiger partial charge on any atom is -0.459 e. The minimum absolute atomic E-state index is 0.104. The Balaban J connectivity index is 1.56. The van der Waals surface area contributed by atoms with Gasteiger partial charge in [-0.25, -0.2) is 4.79 Å². The van der Waals surface area contributed by atoms with Gasteiger partial charge in [-0.05, 0) is 31.6 Å². The second kappa shape index (κ2) is 5.26. The first-order valence-corrected chi connectivity index (χ1v) is 6.88. The zero-order valence-electron chi connectivity index (χ0n) is 12.1. The van der Waals surface area contributed by atoms with Gasteiger partial charge in [0.05, 0.1) is 5.56 Å². The number of hydrogen-bond acceptors (Lipinski definition) is 5. The number of esters is 1. The predicted molar refractivity (Wildman–Crippen MR) is 74.6 cm³/mol. The molecule has 2 aliphatic rings. The second-order valence-electron chi connectivity index (χ2n) is 5.59. The summed E-state index contributed by atoms with van der Waals surface area (Å²) in [5.41, 5.74) is 1.25. The van der Waals surface area contributed by atoms with Gasteiger partial charge in [0.1, 0.15) is 18.8 Å². The van der Waals surface area contributed by atoms with E-state index in [1.807, 2.05) is 19.9 Å². The maximum absolute atomic E-state index is 11.9. The number of benzene rings is 1. The fourth-order valence-electron chi connectivity index (χ4n) is 2.47. The molecule has 3 unspecified atom stereocenters. The van der Waals surface area contributed by atoms with Crippen LogP contribution >= 0.6 is 0 Å². The number of ether oxygens (including phenoxy) is 4. The molecule has 21 heavy (non-hydrogen) atoms. The van der Waals surface area contributed by atoms with E-state index in [9.17, 15) is 4.79 Å². The van der Waals surface area contributed by atoms with Crippen LogP contribution in [0.3, 0.4) is 0 Å². The molecule has 0 N–H and O–H groups in total. The van der Waals surface area contributed by atoms with Crippen molar-refractivity contribution in [2.75, 3.05) is 6.61 Å².